The van der Waals surface area contributed by atoms with Crippen molar-refractivity contribution in [1.82, 2.24) is 4.98 Å². The molecule has 0 aliphatic rings. The van der Waals surface area contributed by atoms with Crippen molar-refractivity contribution in [2.45, 2.75) is 6.92 Å². The number of carbonyl (C=O) groups excluding carboxylic acids is 1. The summed E-state index contributed by atoms with van der Waals surface area (Å²) >= 11 is 4.58. The number of nitrogens with one attached hydrogen (secondary N) is 1. The number of anilines is 1. The van der Waals surface area contributed by atoms with Gasteiger partial charge in [-0.15, -0.1) is 11.3 Å². The first-order valence-electron chi connectivity index (χ1n) is 4.33. The van der Waals surface area contributed by atoms with Gasteiger partial charge in [-0.25, -0.2) is 9.78 Å². The first-order valence-corrected chi connectivity index (χ1v) is 6.00. The molecule has 0 saturated heterocycles. The first kappa shape index (κ1) is 12.2. The van der Waals surface area contributed by atoms with Gasteiger partial charge >= 0.3 is 5.97 Å². The number of rotatable bonds is 5. The second-order valence-electron chi connectivity index (χ2n) is 2.62. The number of hydrogen-bond acceptors (Lipinski definition) is 5. The predicted molar refractivity (Wildman–Crippen MR) is 64.6 cm³/mol. The molecule has 0 spiro atoms. The van der Waals surface area contributed by atoms with Crippen LogP contribution < -0.4 is 5.32 Å². The average Bonchev–Trinajstić information content (AvgIpc) is 2.62. The van der Waals surface area contributed by atoms with Gasteiger partial charge in [-0.2, -0.15) is 0 Å². The van der Waals surface area contributed by atoms with E-state index in [1.165, 1.54) is 11.3 Å². The fourth-order valence-corrected chi connectivity index (χ4v) is 1.70. The molecule has 0 fully saturated rings. The van der Waals surface area contributed by atoms with Crippen molar-refractivity contribution in [2.24, 2.45) is 0 Å². The van der Waals surface area contributed by atoms with Gasteiger partial charge in [0, 0.05) is 11.0 Å². The van der Waals surface area contributed by atoms with E-state index in [0.717, 1.165) is 4.48 Å². The summed E-state index contributed by atoms with van der Waals surface area (Å²) in [5, 5.41) is 3.74. The zero-order valence-electron chi connectivity index (χ0n) is 8.25. The Balaban J connectivity index is 2.68. The number of ether oxygens (including phenoxy) is 1. The molecule has 1 aromatic heterocycles. The summed E-state index contributed by atoms with van der Waals surface area (Å²) in [6, 6.07) is 0. The van der Waals surface area contributed by atoms with Crippen LogP contribution in [0.1, 0.15) is 17.4 Å². The van der Waals surface area contributed by atoms with E-state index in [2.05, 4.69) is 32.8 Å². The Morgan fingerprint density at radius 1 is 1.80 bits per heavy atom. The van der Waals surface area contributed by atoms with E-state index < -0.39 is 5.97 Å². The molecule has 6 heteroatoms. The highest BCUT2D eigenvalue weighted by Gasteiger charge is 2.15. The molecule has 0 unspecified atom stereocenters. The van der Waals surface area contributed by atoms with Crippen LogP contribution >= 0.6 is 27.3 Å². The van der Waals surface area contributed by atoms with Gasteiger partial charge < -0.3 is 10.1 Å². The zero-order chi connectivity index (χ0) is 11.3. The van der Waals surface area contributed by atoms with Crippen molar-refractivity contribution in [1.29, 1.82) is 0 Å². The number of nitrogens with zero attached hydrogens (tertiary/aromatic N) is 1. The van der Waals surface area contributed by atoms with Crippen molar-refractivity contribution >= 4 is 38.2 Å². The lowest BCUT2D eigenvalue weighted by Crippen LogP contribution is -2.09. The lowest BCUT2D eigenvalue weighted by molar-refractivity contribution is 0.0521. The molecule has 1 N–H and O–H groups in total. The van der Waals surface area contributed by atoms with E-state index in [1.54, 1.807) is 12.4 Å². The van der Waals surface area contributed by atoms with Crippen molar-refractivity contribution in [3.05, 3.63) is 22.3 Å². The summed E-state index contributed by atoms with van der Waals surface area (Å²) < 4.78 is 5.68. The highest BCUT2D eigenvalue weighted by Crippen LogP contribution is 2.21. The van der Waals surface area contributed by atoms with Crippen molar-refractivity contribution < 1.29 is 9.53 Å². The Hall–Kier alpha value is -0.880. The van der Waals surface area contributed by atoms with Crippen LogP contribution in [0.25, 0.3) is 0 Å². The molecule has 0 saturated carbocycles. The fourth-order valence-electron chi connectivity index (χ4n) is 0.893. The summed E-state index contributed by atoms with van der Waals surface area (Å²) in [4.78, 5) is 15.4. The first-order chi connectivity index (χ1) is 7.15. The number of esters is 1. The van der Waals surface area contributed by atoms with Crippen molar-refractivity contribution in [3.8, 4) is 0 Å². The van der Waals surface area contributed by atoms with Crippen LogP contribution in [-0.2, 0) is 4.74 Å². The molecule has 0 aliphatic heterocycles. The predicted octanol–water partition coefficient (Wildman–Crippen LogP) is 2.64. The SMILES string of the molecule is C=C(Br)CNc1scnc1C(=O)OCC. The average molecular weight is 291 g/mol. The fraction of sp³-hybridized carbons (Fsp3) is 0.333. The summed E-state index contributed by atoms with van der Waals surface area (Å²) in [5.74, 6) is -0.401. The van der Waals surface area contributed by atoms with Gasteiger partial charge in [0.15, 0.2) is 5.69 Å². The van der Waals surface area contributed by atoms with Crippen molar-refractivity contribution in [3.63, 3.8) is 0 Å². The summed E-state index contributed by atoms with van der Waals surface area (Å²) in [6.45, 7) is 6.35. The minimum Gasteiger partial charge on any atom is -0.461 e. The second-order valence-corrected chi connectivity index (χ2v) is 4.60. The van der Waals surface area contributed by atoms with Gasteiger partial charge in [0.1, 0.15) is 5.00 Å². The van der Waals surface area contributed by atoms with E-state index in [1.807, 2.05) is 0 Å². The number of carbonyl (C=O) groups is 1. The van der Waals surface area contributed by atoms with Crippen LogP contribution in [0.3, 0.4) is 0 Å². The monoisotopic (exact) mass is 290 g/mol. The molecular weight excluding hydrogens is 280 g/mol. The normalized spacial score (nSPS) is 9.73. The molecule has 0 amide bonds. The Bertz CT molecular complexity index is 365. The quantitative estimate of drug-likeness (QED) is 0.847. The lowest BCUT2D eigenvalue weighted by Gasteiger charge is -2.04. The second kappa shape index (κ2) is 5.87. The Morgan fingerprint density at radius 2 is 2.53 bits per heavy atom. The molecule has 1 aromatic rings. The third-order valence-corrected chi connectivity index (χ3v) is 2.54. The maximum absolute atomic E-state index is 11.4. The molecule has 4 nitrogen and oxygen atoms in total. The summed E-state index contributed by atoms with van der Waals surface area (Å²) in [5.41, 5.74) is 1.93. The molecule has 15 heavy (non-hydrogen) atoms. The molecule has 0 bridgehead atoms. The topological polar surface area (TPSA) is 51.2 Å². The molecule has 1 heterocycles. The molecule has 82 valence electrons. The van der Waals surface area contributed by atoms with Crippen LogP contribution in [0.15, 0.2) is 16.6 Å². The number of thiazole rings is 1. The minimum atomic E-state index is -0.401. The van der Waals surface area contributed by atoms with Crippen molar-refractivity contribution in [2.75, 3.05) is 18.5 Å². The van der Waals surface area contributed by atoms with Gasteiger partial charge in [0.25, 0.3) is 0 Å². The maximum atomic E-state index is 11.4. The maximum Gasteiger partial charge on any atom is 0.360 e. The Labute approximate surface area is 100 Å². The standard InChI is InChI=1S/C9H11BrN2O2S/c1-3-14-9(13)7-8(15-5-12-7)11-4-6(2)10/h5,11H,2-4H2,1H3. The molecule has 1 rings (SSSR count). The van der Waals surface area contributed by atoms with Crippen LogP contribution in [-0.4, -0.2) is 24.1 Å². The van der Waals surface area contributed by atoms with Gasteiger partial charge in [-0.1, -0.05) is 22.5 Å². The van der Waals surface area contributed by atoms with E-state index in [9.17, 15) is 4.79 Å². The third-order valence-electron chi connectivity index (χ3n) is 1.48. The highest BCUT2D eigenvalue weighted by molar-refractivity contribution is 9.11. The number of aromatic nitrogens is 1. The van der Waals surface area contributed by atoms with Crippen LogP contribution in [0.5, 0.6) is 0 Å². The molecule has 0 radical (unpaired) electrons. The summed E-state index contributed by atoms with van der Waals surface area (Å²) in [6.07, 6.45) is 0. The van der Waals surface area contributed by atoms with Crippen LogP contribution in [0.4, 0.5) is 5.00 Å². The number of halogens is 1. The molecule has 0 aliphatic carbocycles. The van der Waals surface area contributed by atoms with Gasteiger partial charge in [0.05, 0.1) is 12.1 Å². The third kappa shape index (κ3) is 3.64. The molecule has 0 aromatic carbocycles. The zero-order valence-corrected chi connectivity index (χ0v) is 10.7. The Kier molecular flexibility index (Phi) is 4.77. The van der Waals surface area contributed by atoms with Gasteiger partial charge in [-0.05, 0) is 6.92 Å². The largest absolute Gasteiger partial charge is 0.461 e. The molecular formula is C9H11BrN2O2S. The lowest BCUT2D eigenvalue weighted by atomic mass is 10.4. The number of hydrogen-bond donors (Lipinski definition) is 1. The highest BCUT2D eigenvalue weighted by atomic mass is 79.9. The van der Waals surface area contributed by atoms with Gasteiger partial charge in [-0.3, -0.25) is 0 Å². The molecule has 0 atom stereocenters. The van der Waals surface area contributed by atoms with E-state index >= 15 is 0 Å². The Morgan fingerprint density at radius 3 is 3.13 bits per heavy atom. The van der Waals surface area contributed by atoms with E-state index in [-0.39, 0.29) is 0 Å². The summed E-state index contributed by atoms with van der Waals surface area (Å²) in [7, 11) is 0. The minimum absolute atomic E-state index is 0.329. The van der Waals surface area contributed by atoms with E-state index in [4.69, 9.17) is 4.74 Å². The van der Waals surface area contributed by atoms with Crippen LogP contribution in [0.2, 0.25) is 0 Å². The van der Waals surface area contributed by atoms with Crippen LogP contribution in [0, 0.1) is 0 Å². The van der Waals surface area contributed by atoms with Gasteiger partial charge in [0.2, 0.25) is 0 Å². The smallest absolute Gasteiger partial charge is 0.360 e. The van der Waals surface area contributed by atoms with E-state index in [0.29, 0.717) is 23.8 Å².